The topological polar surface area (TPSA) is 145 Å². The highest BCUT2D eigenvalue weighted by atomic mass is 16.6. The molecule has 1 aliphatic carbocycles. The minimum absolute atomic E-state index is 0.0130. The standard InChI is InChI=1S/C30H36N6O6/c1-39-23-11-9-20(25(17-23)41-3)13-15-32-29-28(36(37)38)30(34-27(19-31)33-29)35(22-7-5-6-8-22)16-14-21-10-12-24(40-2)18-26(21)42-4/h9-12,17-18,22H,5-8,13-16H2,1-4H3,(H,32,33,34). The molecule has 0 aliphatic heterocycles. The van der Waals surface area contributed by atoms with Gasteiger partial charge in [-0.05, 0) is 48.9 Å². The zero-order valence-corrected chi connectivity index (χ0v) is 24.4. The summed E-state index contributed by atoms with van der Waals surface area (Å²) in [6.45, 7) is 0.760. The van der Waals surface area contributed by atoms with Gasteiger partial charge in [0.25, 0.3) is 0 Å². The van der Waals surface area contributed by atoms with Crippen LogP contribution in [0.1, 0.15) is 42.6 Å². The number of aromatic nitrogens is 2. The van der Waals surface area contributed by atoms with Crippen LogP contribution in [0.25, 0.3) is 0 Å². The van der Waals surface area contributed by atoms with Crippen LogP contribution in [-0.4, -0.2) is 62.5 Å². The van der Waals surface area contributed by atoms with Crippen LogP contribution in [-0.2, 0) is 12.8 Å². The Morgan fingerprint density at radius 2 is 1.55 bits per heavy atom. The van der Waals surface area contributed by atoms with E-state index in [4.69, 9.17) is 18.9 Å². The van der Waals surface area contributed by atoms with Crippen molar-refractivity contribution in [1.82, 2.24) is 9.97 Å². The molecule has 1 aromatic heterocycles. The van der Waals surface area contributed by atoms with Crippen molar-refractivity contribution in [3.63, 3.8) is 0 Å². The monoisotopic (exact) mass is 576 g/mol. The van der Waals surface area contributed by atoms with E-state index in [1.807, 2.05) is 41.3 Å². The molecule has 12 nitrogen and oxygen atoms in total. The van der Waals surface area contributed by atoms with Crippen molar-refractivity contribution in [2.45, 2.75) is 44.6 Å². The molecule has 4 rings (SSSR count). The minimum Gasteiger partial charge on any atom is -0.497 e. The van der Waals surface area contributed by atoms with Gasteiger partial charge in [-0.1, -0.05) is 25.0 Å². The number of nitrogens with one attached hydrogen (secondary N) is 1. The fraction of sp³-hybridized carbons (Fsp3) is 0.433. The highest BCUT2D eigenvalue weighted by Gasteiger charge is 2.33. The van der Waals surface area contributed by atoms with Crippen LogP contribution in [0.4, 0.5) is 17.3 Å². The smallest absolute Gasteiger partial charge is 0.353 e. The SMILES string of the molecule is COc1ccc(CCNc2nc(C#N)nc(N(CCc3ccc(OC)cc3OC)C3CCCC3)c2[N+](=O)[O-])c(OC)c1. The molecule has 0 amide bonds. The maximum Gasteiger partial charge on any atom is 0.353 e. The van der Waals surface area contributed by atoms with Crippen molar-refractivity contribution in [3.8, 4) is 29.1 Å². The molecule has 12 heteroatoms. The fourth-order valence-electron chi connectivity index (χ4n) is 5.34. The maximum atomic E-state index is 12.5. The van der Waals surface area contributed by atoms with Crippen LogP contribution in [0.2, 0.25) is 0 Å². The van der Waals surface area contributed by atoms with Crippen molar-refractivity contribution in [2.75, 3.05) is 51.7 Å². The van der Waals surface area contributed by atoms with Gasteiger partial charge >= 0.3 is 5.69 Å². The largest absolute Gasteiger partial charge is 0.497 e. The second-order valence-corrected chi connectivity index (χ2v) is 9.85. The Kier molecular flexibility index (Phi) is 10.2. The molecular formula is C30H36N6O6. The van der Waals surface area contributed by atoms with Crippen molar-refractivity contribution in [1.29, 1.82) is 5.26 Å². The van der Waals surface area contributed by atoms with E-state index in [1.165, 1.54) is 0 Å². The molecular weight excluding hydrogens is 540 g/mol. The summed E-state index contributed by atoms with van der Waals surface area (Å²) in [5.41, 5.74) is 1.58. The number of anilines is 2. The summed E-state index contributed by atoms with van der Waals surface area (Å²) in [6.07, 6.45) is 4.84. The molecule has 0 atom stereocenters. The van der Waals surface area contributed by atoms with Crippen molar-refractivity contribution < 1.29 is 23.9 Å². The van der Waals surface area contributed by atoms with E-state index in [1.54, 1.807) is 34.5 Å². The van der Waals surface area contributed by atoms with E-state index in [0.717, 1.165) is 36.8 Å². The third kappa shape index (κ3) is 6.91. The van der Waals surface area contributed by atoms with E-state index in [2.05, 4.69) is 15.3 Å². The van der Waals surface area contributed by atoms with Crippen molar-refractivity contribution in [2.24, 2.45) is 0 Å². The Balaban J connectivity index is 1.65. The lowest BCUT2D eigenvalue weighted by atomic mass is 10.1. The van der Waals surface area contributed by atoms with Crippen LogP contribution in [0.3, 0.4) is 0 Å². The summed E-state index contributed by atoms with van der Waals surface area (Å²) in [7, 11) is 6.35. The summed E-state index contributed by atoms with van der Waals surface area (Å²) < 4.78 is 21.6. The lowest BCUT2D eigenvalue weighted by Gasteiger charge is -2.30. The van der Waals surface area contributed by atoms with Gasteiger partial charge in [0.15, 0.2) is 0 Å². The Bertz CT molecular complexity index is 1440. The molecule has 0 spiro atoms. The average molecular weight is 577 g/mol. The third-order valence-corrected chi connectivity index (χ3v) is 7.48. The predicted octanol–water partition coefficient (Wildman–Crippen LogP) is 4.94. The molecule has 222 valence electrons. The van der Waals surface area contributed by atoms with Crippen LogP contribution >= 0.6 is 0 Å². The van der Waals surface area contributed by atoms with Gasteiger partial charge in [0.1, 0.15) is 29.1 Å². The molecule has 2 aromatic carbocycles. The first-order chi connectivity index (χ1) is 20.4. The number of methoxy groups -OCH3 is 4. The zero-order chi connectivity index (χ0) is 30.1. The lowest BCUT2D eigenvalue weighted by molar-refractivity contribution is -0.383. The summed E-state index contributed by atoms with van der Waals surface area (Å²) in [5.74, 6) is 2.69. The Morgan fingerprint density at radius 3 is 2.07 bits per heavy atom. The lowest BCUT2D eigenvalue weighted by Crippen LogP contribution is -2.36. The van der Waals surface area contributed by atoms with Gasteiger partial charge < -0.3 is 29.2 Å². The number of nitro groups is 1. The van der Waals surface area contributed by atoms with Crippen LogP contribution in [0.15, 0.2) is 36.4 Å². The molecule has 1 saturated carbocycles. The highest BCUT2D eigenvalue weighted by Crippen LogP contribution is 2.38. The maximum absolute atomic E-state index is 12.5. The van der Waals surface area contributed by atoms with Gasteiger partial charge in [-0.2, -0.15) is 15.2 Å². The van der Waals surface area contributed by atoms with Gasteiger partial charge in [-0.3, -0.25) is 10.1 Å². The number of hydrogen-bond donors (Lipinski definition) is 1. The van der Waals surface area contributed by atoms with Crippen LogP contribution in [0.5, 0.6) is 23.0 Å². The number of nitrogens with zero attached hydrogens (tertiary/aromatic N) is 5. The third-order valence-electron chi connectivity index (χ3n) is 7.48. The first-order valence-corrected chi connectivity index (χ1v) is 13.8. The first kappa shape index (κ1) is 30.2. The van der Waals surface area contributed by atoms with E-state index in [-0.39, 0.29) is 29.2 Å². The molecule has 3 aromatic rings. The quantitative estimate of drug-likeness (QED) is 0.206. The summed E-state index contributed by atoms with van der Waals surface area (Å²) >= 11 is 0. The van der Waals surface area contributed by atoms with Crippen molar-refractivity contribution in [3.05, 3.63) is 63.5 Å². The van der Waals surface area contributed by atoms with Crippen LogP contribution in [0, 0.1) is 21.4 Å². The molecule has 1 heterocycles. The Hall–Kier alpha value is -4.79. The average Bonchev–Trinajstić information content (AvgIpc) is 3.55. The van der Waals surface area contributed by atoms with Gasteiger partial charge in [-0.15, -0.1) is 0 Å². The first-order valence-electron chi connectivity index (χ1n) is 13.8. The molecule has 0 bridgehead atoms. The molecule has 0 saturated heterocycles. The number of hydrogen-bond acceptors (Lipinski definition) is 11. The van der Waals surface area contributed by atoms with Crippen LogP contribution < -0.4 is 29.2 Å². The molecule has 1 aliphatic rings. The predicted molar refractivity (Wildman–Crippen MR) is 158 cm³/mol. The summed E-state index contributed by atoms with van der Waals surface area (Å²) in [4.78, 5) is 22.6. The highest BCUT2D eigenvalue weighted by molar-refractivity contribution is 5.72. The second-order valence-electron chi connectivity index (χ2n) is 9.85. The zero-order valence-electron chi connectivity index (χ0n) is 24.4. The van der Waals surface area contributed by atoms with Gasteiger partial charge in [0, 0.05) is 31.3 Å². The number of nitriles is 1. The summed E-state index contributed by atoms with van der Waals surface area (Å²) in [6, 6.07) is 13.1. The second kappa shape index (κ2) is 14.2. The molecule has 42 heavy (non-hydrogen) atoms. The Labute approximate surface area is 245 Å². The summed E-state index contributed by atoms with van der Waals surface area (Å²) in [5, 5.41) is 25.4. The fourth-order valence-corrected chi connectivity index (χ4v) is 5.34. The van der Waals surface area contributed by atoms with E-state index in [9.17, 15) is 15.4 Å². The molecule has 0 radical (unpaired) electrons. The van der Waals surface area contributed by atoms with Gasteiger partial charge in [0.2, 0.25) is 17.5 Å². The molecule has 1 N–H and O–H groups in total. The number of ether oxygens (including phenoxy) is 4. The number of benzene rings is 2. The molecule has 0 unspecified atom stereocenters. The number of rotatable bonds is 14. The van der Waals surface area contributed by atoms with Gasteiger partial charge in [-0.25, -0.2) is 0 Å². The Morgan fingerprint density at radius 1 is 0.952 bits per heavy atom. The molecule has 1 fully saturated rings. The van der Waals surface area contributed by atoms with Crippen molar-refractivity contribution >= 4 is 17.3 Å². The van der Waals surface area contributed by atoms with E-state index in [0.29, 0.717) is 48.9 Å². The van der Waals surface area contributed by atoms with E-state index < -0.39 is 4.92 Å². The van der Waals surface area contributed by atoms with E-state index >= 15 is 0 Å². The minimum atomic E-state index is -0.470. The normalized spacial score (nSPS) is 12.8. The van der Waals surface area contributed by atoms with Gasteiger partial charge in [0.05, 0.1) is 33.4 Å².